The average molecular weight is 604 g/mol. The Morgan fingerprint density at radius 1 is 1.23 bits per heavy atom. The average Bonchev–Trinajstić information content (AvgIpc) is 2.86. The van der Waals surface area contributed by atoms with Gasteiger partial charge in [0.05, 0.1) is 35.6 Å². The minimum Gasteiger partial charge on any atom is -0.495 e. The van der Waals surface area contributed by atoms with Gasteiger partial charge in [-0.2, -0.15) is 4.98 Å². The number of aryl methyl sites for hydroxylation is 1. The van der Waals surface area contributed by atoms with E-state index in [2.05, 4.69) is 52.4 Å². The fourth-order valence-electron chi connectivity index (χ4n) is 4.59. The van der Waals surface area contributed by atoms with Crippen molar-refractivity contribution in [3.05, 3.63) is 57.9 Å². The first-order valence-corrected chi connectivity index (χ1v) is 13.5. The highest BCUT2D eigenvalue weighted by Crippen LogP contribution is 2.37. The number of morpholine rings is 1. The van der Waals surface area contributed by atoms with Crippen LogP contribution >= 0.6 is 15.9 Å². The molecule has 1 fully saturated rings. The number of likely N-dealkylation sites (N-methyl/N-ethyl adjacent to an activating group) is 1. The molecule has 210 valence electrons. The van der Waals surface area contributed by atoms with Gasteiger partial charge in [-0.1, -0.05) is 6.07 Å². The lowest BCUT2D eigenvalue weighted by atomic mass is 9.96. The van der Waals surface area contributed by atoms with E-state index in [4.69, 9.17) is 9.47 Å². The molecule has 0 amide bonds. The molecule has 9 nitrogen and oxygen atoms in total. The normalized spacial score (nSPS) is 15.9. The maximum atomic E-state index is 14.1. The molecular formula is C28H36BrFN6O3. The van der Waals surface area contributed by atoms with E-state index in [1.165, 1.54) is 12.1 Å². The van der Waals surface area contributed by atoms with Crippen molar-refractivity contribution < 1.29 is 19.0 Å². The second kappa shape index (κ2) is 12.0. The van der Waals surface area contributed by atoms with Crippen molar-refractivity contribution >= 4 is 44.8 Å². The van der Waals surface area contributed by atoms with Gasteiger partial charge in [0.25, 0.3) is 0 Å². The predicted molar refractivity (Wildman–Crippen MR) is 156 cm³/mol. The third-order valence-corrected chi connectivity index (χ3v) is 7.04. The molecule has 1 atom stereocenters. The Hall–Kier alpha value is -2.99. The molecule has 1 aliphatic rings. The third kappa shape index (κ3) is 7.16. The van der Waals surface area contributed by atoms with Gasteiger partial charge in [-0.05, 0) is 74.6 Å². The van der Waals surface area contributed by atoms with Gasteiger partial charge in [0.1, 0.15) is 17.4 Å². The Labute approximate surface area is 237 Å². The summed E-state index contributed by atoms with van der Waals surface area (Å²) in [6.07, 6.45) is 1.73. The van der Waals surface area contributed by atoms with Crippen LogP contribution in [0.5, 0.6) is 5.75 Å². The van der Waals surface area contributed by atoms with Crippen LogP contribution in [0.15, 0.2) is 41.0 Å². The predicted octanol–water partition coefficient (Wildman–Crippen LogP) is 5.18. The highest BCUT2D eigenvalue weighted by atomic mass is 79.9. The molecule has 4 rings (SSSR count). The number of halogens is 2. The fraction of sp³-hybridized carbons (Fsp3) is 0.429. The fourth-order valence-corrected chi connectivity index (χ4v) is 4.88. The Kier molecular flexibility index (Phi) is 8.95. The van der Waals surface area contributed by atoms with Gasteiger partial charge in [-0.25, -0.2) is 9.37 Å². The van der Waals surface area contributed by atoms with Crippen molar-refractivity contribution in [1.82, 2.24) is 14.9 Å². The van der Waals surface area contributed by atoms with E-state index in [0.717, 1.165) is 42.3 Å². The van der Waals surface area contributed by atoms with Crippen molar-refractivity contribution in [2.24, 2.45) is 0 Å². The number of rotatable bonds is 9. The van der Waals surface area contributed by atoms with Gasteiger partial charge in [-0.3, -0.25) is 0 Å². The summed E-state index contributed by atoms with van der Waals surface area (Å²) in [6.45, 7) is 8.37. The molecule has 1 saturated heterocycles. The number of hydrogen-bond acceptors (Lipinski definition) is 9. The Balaban J connectivity index is 1.59. The molecule has 2 heterocycles. The van der Waals surface area contributed by atoms with Crippen molar-refractivity contribution in [2.75, 3.05) is 63.0 Å². The summed E-state index contributed by atoms with van der Waals surface area (Å²) in [5.41, 5.74) is 2.57. The van der Waals surface area contributed by atoms with Gasteiger partial charge in [0, 0.05) is 48.8 Å². The zero-order chi connectivity index (χ0) is 28.3. The van der Waals surface area contributed by atoms with Crippen LogP contribution in [0.2, 0.25) is 0 Å². The number of methoxy groups -OCH3 is 1. The highest BCUT2D eigenvalue weighted by molar-refractivity contribution is 9.10. The van der Waals surface area contributed by atoms with E-state index in [1.54, 1.807) is 33.2 Å². The highest BCUT2D eigenvalue weighted by Gasteiger charge is 2.25. The van der Waals surface area contributed by atoms with Crippen LogP contribution in [-0.2, 0) is 10.3 Å². The van der Waals surface area contributed by atoms with Crippen molar-refractivity contribution in [1.29, 1.82) is 0 Å². The van der Waals surface area contributed by atoms with E-state index in [1.807, 2.05) is 27.1 Å². The van der Waals surface area contributed by atoms with Gasteiger partial charge >= 0.3 is 0 Å². The lowest BCUT2D eigenvalue weighted by Gasteiger charge is -2.36. The molecule has 2 aromatic carbocycles. The summed E-state index contributed by atoms with van der Waals surface area (Å²) in [5.74, 6) is 1.08. The zero-order valence-corrected chi connectivity index (χ0v) is 24.8. The van der Waals surface area contributed by atoms with Crippen LogP contribution in [0.25, 0.3) is 0 Å². The van der Waals surface area contributed by atoms with Crippen LogP contribution in [0.3, 0.4) is 0 Å². The maximum Gasteiger partial charge on any atom is 0.229 e. The smallest absolute Gasteiger partial charge is 0.229 e. The number of aromatic nitrogens is 2. The second-order valence-electron chi connectivity index (χ2n) is 10.4. The van der Waals surface area contributed by atoms with Crippen molar-refractivity contribution in [2.45, 2.75) is 32.5 Å². The standard InChI is InChI=1S/C28H36BrFN6O3/c1-17-11-24(36-9-10-39-19(16-36)15-35(4)5)25(38-6)13-22(17)33-27-31-14-21(29)26(34-27)32-23-12-18(30)7-8-20(23)28(2,3)37/h7-8,11-14,19,37H,9-10,15-16H2,1-6H3,(H2,31,32,33,34). The van der Waals surface area contributed by atoms with E-state index in [-0.39, 0.29) is 6.10 Å². The number of benzene rings is 2. The molecule has 0 bridgehead atoms. The molecule has 0 spiro atoms. The number of anilines is 5. The molecule has 1 unspecified atom stereocenters. The third-order valence-electron chi connectivity index (χ3n) is 6.46. The molecule has 0 saturated carbocycles. The SMILES string of the molecule is COc1cc(Nc2ncc(Br)c(Nc3cc(F)ccc3C(C)(C)O)n2)c(C)cc1N1CCOC(CN(C)C)C1. The largest absolute Gasteiger partial charge is 0.495 e. The Morgan fingerprint density at radius 2 is 2.00 bits per heavy atom. The van der Waals surface area contributed by atoms with E-state index in [0.29, 0.717) is 34.1 Å². The van der Waals surface area contributed by atoms with Gasteiger partial charge in [-0.15, -0.1) is 0 Å². The topological polar surface area (TPSA) is 95.0 Å². The van der Waals surface area contributed by atoms with Crippen LogP contribution in [0, 0.1) is 12.7 Å². The summed E-state index contributed by atoms with van der Waals surface area (Å²) in [4.78, 5) is 13.4. The number of aliphatic hydroxyl groups is 1. The number of hydrogen-bond donors (Lipinski definition) is 3. The summed E-state index contributed by atoms with van der Waals surface area (Å²) < 4.78 is 26.4. The summed E-state index contributed by atoms with van der Waals surface area (Å²) >= 11 is 3.47. The minimum absolute atomic E-state index is 0.119. The van der Waals surface area contributed by atoms with Gasteiger partial charge in [0.2, 0.25) is 5.95 Å². The van der Waals surface area contributed by atoms with Crippen LogP contribution in [-0.4, -0.2) is 73.5 Å². The zero-order valence-electron chi connectivity index (χ0n) is 23.2. The minimum atomic E-state index is -1.18. The first-order chi connectivity index (χ1) is 18.4. The van der Waals surface area contributed by atoms with Crippen molar-refractivity contribution in [3.8, 4) is 5.75 Å². The second-order valence-corrected chi connectivity index (χ2v) is 11.3. The summed E-state index contributed by atoms with van der Waals surface area (Å²) in [5, 5.41) is 17.0. The quantitative estimate of drug-likeness (QED) is 0.306. The lowest BCUT2D eigenvalue weighted by molar-refractivity contribution is 0.0246. The maximum absolute atomic E-state index is 14.1. The molecule has 1 aromatic heterocycles. The van der Waals surface area contributed by atoms with Gasteiger partial charge < -0.3 is 35.0 Å². The molecular weight excluding hydrogens is 567 g/mol. The van der Waals surface area contributed by atoms with E-state index in [9.17, 15) is 9.50 Å². The first-order valence-electron chi connectivity index (χ1n) is 12.7. The van der Waals surface area contributed by atoms with E-state index < -0.39 is 11.4 Å². The Morgan fingerprint density at radius 3 is 2.69 bits per heavy atom. The number of ether oxygens (including phenoxy) is 2. The summed E-state index contributed by atoms with van der Waals surface area (Å²) in [6, 6.07) is 8.25. The van der Waals surface area contributed by atoms with Crippen LogP contribution in [0.1, 0.15) is 25.0 Å². The van der Waals surface area contributed by atoms with Crippen molar-refractivity contribution in [3.63, 3.8) is 0 Å². The lowest BCUT2D eigenvalue weighted by Crippen LogP contribution is -2.46. The molecule has 3 aromatic rings. The molecule has 39 heavy (non-hydrogen) atoms. The molecule has 11 heteroatoms. The van der Waals surface area contributed by atoms with E-state index >= 15 is 0 Å². The Bertz CT molecular complexity index is 1320. The first kappa shape index (κ1) is 29.0. The number of nitrogens with one attached hydrogen (secondary N) is 2. The number of nitrogens with zero attached hydrogens (tertiary/aromatic N) is 4. The molecule has 0 radical (unpaired) electrons. The summed E-state index contributed by atoms with van der Waals surface area (Å²) in [7, 11) is 5.75. The van der Waals surface area contributed by atoms with Gasteiger partial charge in [0.15, 0.2) is 0 Å². The molecule has 1 aliphatic heterocycles. The van der Waals surface area contributed by atoms with Crippen LogP contribution < -0.4 is 20.3 Å². The monoisotopic (exact) mass is 602 g/mol. The van der Waals surface area contributed by atoms with Crippen LogP contribution in [0.4, 0.5) is 33.2 Å². The molecule has 3 N–H and O–H groups in total. The molecule has 0 aliphatic carbocycles.